The van der Waals surface area contributed by atoms with E-state index in [2.05, 4.69) is 11.4 Å². The highest BCUT2D eigenvalue weighted by atomic mass is 35.5. The number of likely N-dealkylation sites (tertiary alicyclic amines) is 1. The minimum Gasteiger partial charge on any atom is -0.331 e. The maximum atomic E-state index is 12.7. The SMILES string of the molecule is Cc1cc(-c2cccc(Cl)c2)ccc1NC(=O)C1CCN(C(=O)N(C)C)CC1. The fraction of sp³-hybridized carbons (Fsp3) is 0.364. The van der Waals surface area contributed by atoms with Crippen molar-refractivity contribution in [2.75, 3.05) is 32.5 Å². The van der Waals surface area contributed by atoms with Gasteiger partial charge in [0, 0.05) is 43.8 Å². The van der Waals surface area contributed by atoms with Crippen molar-refractivity contribution in [2.24, 2.45) is 5.92 Å². The molecular formula is C22H26ClN3O2. The summed E-state index contributed by atoms with van der Waals surface area (Å²) in [6, 6.07) is 13.7. The van der Waals surface area contributed by atoms with Crippen LogP contribution in [0.3, 0.4) is 0 Å². The van der Waals surface area contributed by atoms with E-state index in [9.17, 15) is 9.59 Å². The fourth-order valence-electron chi connectivity index (χ4n) is 3.50. The number of benzene rings is 2. The molecule has 2 aromatic rings. The van der Waals surface area contributed by atoms with Crippen molar-refractivity contribution in [2.45, 2.75) is 19.8 Å². The van der Waals surface area contributed by atoms with Crippen molar-refractivity contribution in [1.29, 1.82) is 0 Å². The number of piperidine rings is 1. The lowest BCUT2D eigenvalue weighted by atomic mass is 9.95. The maximum absolute atomic E-state index is 12.7. The molecule has 1 aliphatic rings. The first-order valence-electron chi connectivity index (χ1n) is 9.49. The molecule has 2 aromatic carbocycles. The molecule has 0 bridgehead atoms. The number of halogens is 1. The summed E-state index contributed by atoms with van der Waals surface area (Å²) in [6.45, 7) is 3.21. The van der Waals surface area contributed by atoms with Gasteiger partial charge in [-0.3, -0.25) is 4.79 Å². The van der Waals surface area contributed by atoms with Crippen LogP contribution in [0.5, 0.6) is 0 Å². The summed E-state index contributed by atoms with van der Waals surface area (Å²) in [7, 11) is 3.49. The maximum Gasteiger partial charge on any atom is 0.319 e. The number of amides is 3. The zero-order valence-electron chi connectivity index (χ0n) is 16.5. The molecule has 3 amide bonds. The van der Waals surface area contributed by atoms with Gasteiger partial charge in [0.15, 0.2) is 0 Å². The van der Waals surface area contributed by atoms with Crippen molar-refractivity contribution in [1.82, 2.24) is 9.80 Å². The van der Waals surface area contributed by atoms with Gasteiger partial charge in [-0.05, 0) is 60.7 Å². The average molecular weight is 400 g/mol. The Hall–Kier alpha value is -2.53. The quantitative estimate of drug-likeness (QED) is 0.816. The monoisotopic (exact) mass is 399 g/mol. The Morgan fingerprint density at radius 1 is 1.07 bits per heavy atom. The number of aryl methyl sites for hydroxylation is 1. The van der Waals surface area contributed by atoms with Crippen LogP contribution in [0.2, 0.25) is 5.02 Å². The van der Waals surface area contributed by atoms with Crippen molar-refractivity contribution in [3.05, 3.63) is 53.1 Å². The van der Waals surface area contributed by atoms with Gasteiger partial charge >= 0.3 is 6.03 Å². The number of carbonyl (C=O) groups excluding carboxylic acids is 2. The molecule has 0 atom stereocenters. The Morgan fingerprint density at radius 2 is 1.75 bits per heavy atom. The molecule has 5 nitrogen and oxygen atoms in total. The van der Waals surface area contributed by atoms with Gasteiger partial charge in [-0.2, -0.15) is 0 Å². The summed E-state index contributed by atoms with van der Waals surface area (Å²) in [4.78, 5) is 28.1. The molecule has 0 saturated carbocycles. The Bertz CT molecular complexity index is 874. The molecule has 0 aliphatic carbocycles. The van der Waals surface area contributed by atoms with E-state index >= 15 is 0 Å². The fourth-order valence-corrected chi connectivity index (χ4v) is 3.69. The molecule has 1 fully saturated rings. The van der Waals surface area contributed by atoms with Gasteiger partial charge in [-0.1, -0.05) is 29.8 Å². The third-order valence-corrected chi connectivity index (χ3v) is 5.40. The third-order valence-electron chi connectivity index (χ3n) is 5.16. The second-order valence-corrected chi connectivity index (χ2v) is 7.90. The summed E-state index contributed by atoms with van der Waals surface area (Å²) >= 11 is 6.08. The molecule has 1 N–H and O–H groups in total. The van der Waals surface area contributed by atoms with Gasteiger partial charge in [0.25, 0.3) is 0 Å². The Balaban J connectivity index is 1.63. The molecule has 0 aromatic heterocycles. The van der Waals surface area contributed by atoms with E-state index in [1.807, 2.05) is 43.3 Å². The molecule has 6 heteroatoms. The van der Waals surface area contributed by atoms with E-state index in [1.165, 1.54) is 0 Å². The van der Waals surface area contributed by atoms with Crippen LogP contribution >= 0.6 is 11.6 Å². The van der Waals surface area contributed by atoms with Gasteiger partial charge in [0.2, 0.25) is 5.91 Å². The molecule has 0 spiro atoms. The molecule has 28 heavy (non-hydrogen) atoms. The molecule has 1 saturated heterocycles. The van der Waals surface area contributed by atoms with E-state index in [4.69, 9.17) is 11.6 Å². The van der Waals surface area contributed by atoms with Crippen molar-refractivity contribution in [3.63, 3.8) is 0 Å². The number of nitrogens with zero attached hydrogens (tertiary/aromatic N) is 2. The number of urea groups is 1. The van der Waals surface area contributed by atoms with Crippen molar-refractivity contribution in [3.8, 4) is 11.1 Å². The molecule has 3 rings (SSSR count). The number of anilines is 1. The molecular weight excluding hydrogens is 374 g/mol. The Labute approximate surface area is 171 Å². The van der Waals surface area contributed by atoms with Crippen LogP contribution in [-0.2, 0) is 4.79 Å². The Morgan fingerprint density at radius 3 is 2.36 bits per heavy atom. The molecule has 0 radical (unpaired) electrons. The second-order valence-electron chi connectivity index (χ2n) is 7.47. The van der Waals surface area contributed by atoms with Crippen LogP contribution in [0.15, 0.2) is 42.5 Å². The summed E-state index contributed by atoms with van der Waals surface area (Å²) in [5, 5.41) is 3.76. The summed E-state index contributed by atoms with van der Waals surface area (Å²) in [5.41, 5.74) is 3.94. The van der Waals surface area contributed by atoms with Crippen molar-refractivity contribution < 1.29 is 9.59 Å². The van der Waals surface area contributed by atoms with Crippen LogP contribution in [0.25, 0.3) is 11.1 Å². The van der Waals surface area contributed by atoms with Crippen molar-refractivity contribution >= 4 is 29.2 Å². The van der Waals surface area contributed by atoms with Gasteiger partial charge in [0.05, 0.1) is 0 Å². The van der Waals surface area contributed by atoms with E-state index in [0.29, 0.717) is 31.0 Å². The van der Waals surface area contributed by atoms with E-state index in [1.54, 1.807) is 23.9 Å². The van der Waals surface area contributed by atoms with Crippen LogP contribution in [0.1, 0.15) is 18.4 Å². The van der Waals surface area contributed by atoms with Crippen LogP contribution < -0.4 is 5.32 Å². The minimum atomic E-state index is -0.0711. The highest BCUT2D eigenvalue weighted by Crippen LogP contribution is 2.28. The summed E-state index contributed by atoms with van der Waals surface area (Å²) in [5.74, 6) is -0.0474. The van der Waals surface area contributed by atoms with Gasteiger partial charge in [0.1, 0.15) is 0 Å². The Kier molecular flexibility index (Phi) is 6.25. The summed E-state index contributed by atoms with van der Waals surface area (Å²) < 4.78 is 0. The highest BCUT2D eigenvalue weighted by molar-refractivity contribution is 6.30. The summed E-state index contributed by atoms with van der Waals surface area (Å²) in [6.07, 6.45) is 1.37. The van der Waals surface area contributed by atoms with Gasteiger partial charge < -0.3 is 15.1 Å². The zero-order chi connectivity index (χ0) is 20.3. The zero-order valence-corrected chi connectivity index (χ0v) is 17.3. The normalized spacial score (nSPS) is 14.6. The predicted molar refractivity (Wildman–Crippen MR) is 114 cm³/mol. The first kappa shape index (κ1) is 20.2. The second kappa shape index (κ2) is 8.65. The van der Waals surface area contributed by atoms with Crippen LogP contribution in [-0.4, -0.2) is 48.9 Å². The molecule has 0 unspecified atom stereocenters. The van der Waals surface area contributed by atoms with E-state index in [0.717, 1.165) is 22.4 Å². The predicted octanol–water partition coefficient (Wildman–Crippen LogP) is 4.65. The standard InChI is InChI=1S/C22H26ClN3O2/c1-15-13-18(17-5-4-6-19(23)14-17)7-8-20(15)24-21(27)16-9-11-26(12-10-16)22(28)25(2)3/h4-8,13-14,16H,9-12H2,1-3H3,(H,24,27). The number of carbonyl (C=O) groups is 2. The minimum absolute atomic E-state index is 0.00584. The van der Waals surface area contributed by atoms with Crippen LogP contribution in [0.4, 0.5) is 10.5 Å². The first-order chi connectivity index (χ1) is 13.3. The van der Waals surface area contributed by atoms with E-state index in [-0.39, 0.29) is 17.9 Å². The number of nitrogens with one attached hydrogen (secondary N) is 1. The van der Waals surface area contributed by atoms with Gasteiger partial charge in [-0.15, -0.1) is 0 Å². The lowest BCUT2D eigenvalue weighted by molar-refractivity contribution is -0.121. The van der Waals surface area contributed by atoms with Gasteiger partial charge in [-0.25, -0.2) is 4.79 Å². The van der Waals surface area contributed by atoms with E-state index < -0.39 is 0 Å². The molecule has 1 heterocycles. The lowest BCUT2D eigenvalue weighted by Gasteiger charge is -2.33. The smallest absolute Gasteiger partial charge is 0.319 e. The molecule has 148 valence electrons. The number of rotatable bonds is 3. The molecule has 1 aliphatic heterocycles. The number of hydrogen-bond donors (Lipinski definition) is 1. The first-order valence-corrected chi connectivity index (χ1v) is 9.86. The average Bonchev–Trinajstić information content (AvgIpc) is 2.69. The highest BCUT2D eigenvalue weighted by Gasteiger charge is 2.28. The lowest BCUT2D eigenvalue weighted by Crippen LogP contribution is -2.45. The third kappa shape index (κ3) is 4.65. The topological polar surface area (TPSA) is 52.7 Å². The largest absolute Gasteiger partial charge is 0.331 e. The number of hydrogen-bond acceptors (Lipinski definition) is 2. The van der Waals surface area contributed by atoms with Crippen LogP contribution in [0, 0.1) is 12.8 Å².